The van der Waals surface area contributed by atoms with Crippen LogP contribution in [0.25, 0.3) is 0 Å². The summed E-state index contributed by atoms with van der Waals surface area (Å²) < 4.78 is 57.3. The van der Waals surface area contributed by atoms with Crippen LogP contribution in [0.2, 0.25) is 5.02 Å². The minimum absolute atomic E-state index is 0.0604. The van der Waals surface area contributed by atoms with Gasteiger partial charge in [-0.05, 0) is 45.2 Å². The Bertz CT molecular complexity index is 1680. The first-order chi connectivity index (χ1) is 19.8. The van der Waals surface area contributed by atoms with E-state index in [2.05, 4.69) is 25.5 Å². The van der Waals surface area contributed by atoms with Crippen LogP contribution < -0.4 is 15.4 Å². The van der Waals surface area contributed by atoms with E-state index in [0.717, 1.165) is 0 Å². The molecule has 1 aliphatic heterocycles. The number of hydrogen-bond acceptors (Lipinski definition) is 11. The standard InChI is InChI=1S/C27H33ClN6O6S2/c1-18(2)42(38,39)24-8-6-5-7-22(24)30-26-20(28)16-29-27(32-26)31-21-10-9-19(15-23(21)40-4)41(36,37)17-25(35)34-13-11-33(3)12-14-34/h5-10,15-16,18H,11-14,17H2,1-4H3,(H2,29,30,31,32). The molecule has 3 aromatic rings. The molecule has 2 N–H and O–H groups in total. The summed E-state index contributed by atoms with van der Waals surface area (Å²) in [5.41, 5.74) is 0.661. The molecule has 42 heavy (non-hydrogen) atoms. The van der Waals surface area contributed by atoms with Crippen LogP contribution in [0, 0.1) is 0 Å². The summed E-state index contributed by atoms with van der Waals surface area (Å²) in [6, 6.07) is 10.6. The molecule has 0 bridgehead atoms. The molecule has 0 spiro atoms. The summed E-state index contributed by atoms with van der Waals surface area (Å²) in [5, 5.41) is 5.47. The molecule has 226 valence electrons. The first-order valence-electron chi connectivity index (χ1n) is 13.1. The van der Waals surface area contributed by atoms with E-state index in [1.54, 1.807) is 36.9 Å². The number of benzene rings is 2. The number of amides is 1. The van der Waals surface area contributed by atoms with Gasteiger partial charge in [0.2, 0.25) is 11.9 Å². The van der Waals surface area contributed by atoms with Gasteiger partial charge in [-0.15, -0.1) is 0 Å². The number of ether oxygens (including phenoxy) is 1. The maximum atomic E-state index is 13.1. The zero-order chi connectivity index (χ0) is 30.7. The highest BCUT2D eigenvalue weighted by molar-refractivity contribution is 7.92. The van der Waals surface area contributed by atoms with Crippen LogP contribution in [0.4, 0.5) is 23.1 Å². The predicted octanol–water partition coefficient (Wildman–Crippen LogP) is 3.36. The van der Waals surface area contributed by atoms with E-state index >= 15 is 0 Å². The number of likely N-dealkylation sites (N-methyl/N-ethyl adjacent to an activating group) is 1. The molecule has 4 rings (SSSR count). The Morgan fingerprint density at radius 2 is 1.71 bits per heavy atom. The summed E-state index contributed by atoms with van der Waals surface area (Å²) in [6.45, 7) is 5.53. The molecule has 1 amide bonds. The number of carbonyl (C=O) groups excluding carboxylic acids is 1. The second-order valence-electron chi connectivity index (χ2n) is 10.0. The van der Waals surface area contributed by atoms with Crippen LogP contribution in [0.3, 0.4) is 0 Å². The molecule has 0 saturated carbocycles. The number of anilines is 4. The molecule has 2 aromatic carbocycles. The third kappa shape index (κ3) is 7.12. The van der Waals surface area contributed by atoms with Gasteiger partial charge in [0.25, 0.3) is 0 Å². The quantitative estimate of drug-likeness (QED) is 0.337. The van der Waals surface area contributed by atoms with Crippen molar-refractivity contribution in [3.05, 3.63) is 53.7 Å². The fourth-order valence-corrected chi connectivity index (χ4v) is 6.77. The van der Waals surface area contributed by atoms with Crippen LogP contribution in [-0.4, -0.2) is 93.8 Å². The Morgan fingerprint density at radius 3 is 2.38 bits per heavy atom. The van der Waals surface area contributed by atoms with Crippen molar-refractivity contribution in [3.8, 4) is 5.75 Å². The average molecular weight is 637 g/mol. The Labute approximate surface area is 250 Å². The fraction of sp³-hybridized carbons (Fsp3) is 0.370. The highest BCUT2D eigenvalue weighted by Gasteiger charge is 2.27. The van der Waals surface area contributed by atoms with Gasteiger partial charge in [-0.3, -0.25) is 4.79 Å². The third-order valence-electron chi connectivity index (χ3n) is 6.76. The lowest BCUT2D eigenvalue weighted by Gasteiger charge is -2.32. The maximum absolute atomic E-state index is 13.1. The van der Waals surface area contributed by atoms with Crippen molar-refractivity contribution in [1.82, 2.24) is 19.8 Å². The predicted molar refractivity (Wildman–Crippen MR) is 161 cm³/mol. The SMILES string of the molecule is COc1cc(S(=O)(=O)CC(=O)N2CCN(C)CC2)ccc1Nc1ncc(Cl)c(Nc2ccccc2S(=O)(=O)C(C)C)n1. The highest BCUT2D eigenvalue weighted by atomic mass is 35.5. The van der Waals surface area contributed by atoms with Crippen LogP contribution >= 0.6 is 11.6 Å². The number of piperazine rings is 1. The van der Waals surface area contributed by atoms with Gasteiger partial charge in [0.1, 0.15) is 16.5 Å². The van der Waals surface area contributed by atoms with Crippen molar-refractivity contribution in [2.24, 2.45) is 0 Å². The number of halogens is 1. The van der Waals surface area contributed by atoms with Crippen LogP contribution in [0.1, 0.15) is 13.8 Å². The van der Waals surface area contributed by atoms with E-state index in [9.17, 15) is 21.6 Å². The molecule has 15 heteroatoms. The van der Waals surface area contributed by atoms with Crippen molar-refractivity contribution in [2.75, 3.05) is 56.7 Å². The summed E-state index contributed by atoms with van der Waals surface area (Å²) >= 11 is 6.32. The van der Waals surface area contributed by atoms with Gasteiger partial charge in [0.05, 0.1) is 39.7 Å². The van der Waals surface area contributed by atoms with E-state index in [1.807, 2.05) is 7.05 Å². The molecule has 1 fully saturated rings. The minimum Gasteiger partial charge on any atom is -0.495 e. The molecule has 1 aliphatic rings. The van der Waals surface area contributed by atoms with Crippen molar-refractivity contribution in [1.29, 1.82) is 0 Å². The lowest BCUT2D eigenvalue weighted by atomic mass is 10.3. The number of hydrogen-bond donors (Lipinski definition) is 2. The van der Waals surface area contributed by atoms with Gasteiger partial charge in [-0.2, -0.15) is 4.98 Å². The molecular formula is C27H33ClN6O6S2. The molecule has 0 atom stereocenters. The third-order valence-corrected chi connectivity index (χ3v) is 10.8. The van der Waals surface area contributed by atoms with Crippen LogP contribution in [0.5, 0.6) is 5.75 Å². The van der Waals surface area contributed by atoms with Crippen LogP contribution in [0.15, 0.2) is 58.5 Å². The Balaban J connectivity index is 1.55. The van der Waals surface area contributed by atoms with E-state index in [0.29, 0.717) is 37.6 Å². The monoisotopic (exact) mass is 636 g/mol. The summed E-state index contributed by atoms with van der Waals surface area (Å²) in [6.07, 6.45) is 1.34. The summed E-state index contributed by atoms with van der Waals surface area (Å²) in [4.78, 5) is 24.9. The molecule has 0 unspecified atom stereocenters. The second kappa shape index (κ2) is 12.8. The number of nitrogens with zero attached hydrogens (tertiary/aromatic N) is 4. The second-order valence-corrected chi connectivity index (χ2v) is 14.9. The normalized spacial score (nSPS) is 14.6. The largest absolute Gasteiger partial charge is 0.495 e. The smallest absolute Gasteiger partial charge is 0.238 e. The first-order valence-corrected chi connectivity index (χ1v) is 16.7. The summed E-state index contributed by atoms with van der Waals surface area (Å²) in [7, 11) is -4.20. The van der Waals surface area contributed by atoms with Gasteiger partial charge in [0, 0.05) is 32.2 Å². The number of aromatic nitrogens is 2. The number of rotatable bonds is 10. The van der Waals surface area contributed by atoms with Gasteiger partial charge in [0.15, 0.2) is 25.5 Å². The van der Waals surface area contributed by atoms with Crippen molar-refractivity contribution in [2.45, 2.75) is 28.9 Å². The number of methoxy groups -OCH3 is 1. The molecule has 12 nitrogen and oxygen atoms in total. The first kappa shape index (κ1) is 31.5. The van der Waals surface area contributed by atoms with Gasteiger partial charge in [-0.25, -0.2) is 21.8 Å². The number of sulfone groups is 2. The molecular weight excluding hydrogens is 604 g/mol. The summed E-state index contributed by atoms with van der Waals surface area (Å²) in [5.74, 6) is -0.659. The topological polar surface area (TPSA) is 151 Å². The number of nitrogens with one attached hydrogen (secondary N) is 2. The molecule has 1 saturated heterocycles. The van der Waals surface area contributed by atoms with Crippen LogP contribution in [-0.2, 0) is 24.5 Å². The van der Waals surface area contributed by atoms with Crippen molar-refractivity contribution in [3.63, 3.8) is 0 Å². The average Bonchev–Trinajstić information content (AvgIpc) is 2.95. The van der Waals surface area contributed by atoms with E-state index < -0.39 is 36.6 Å². The number of carbonyl (C=O) groups is 1. The molecule has 2 heterocycles. The van der Waals surface area contributed by atoms with Crippen molar-refractivity contribution >= 4 is 60.3 Å². The fourth-order valence-electron chi connectivity index (χ4n) is 4.20. The zero-order valence-corrected chi connectivity index (χ0v) is 26.1. The minimum atomic E-state index is -3.93. The van der Waals surface area contributed by atoms with Gasteiger partial charge >= 0.3 is 0 Å². The maximum Gasteiger partial charge on any atom is 0.238 e. The van der Waals surface area contributed by atoms with E-state index in [1.165, 1.54) is 37.6 Å². The Morgan fingerprint density at radius 1 is 1.02 bits per heavy atom. The Kier molecular flexibility index (Phi) is 9.60. The molecule has 0 radical (unpaired) electrons. The van der Waals surface area contributed by atoms with E-state index in [-0.39, 0.29) is 32.3 Å². The highest BCUT2D eigenvalue weighted by Crippen LogP contribution is 2.33. The molecule has 1 aromatic heterocycles. The lowest BCUT2D eigenvalue weighted by molar-refractivity contribution is -0.129. The van der Waals surface area contributed by atoms with Gasteiger partial charge in [-0.1, -0.05) is 23.7 Å². The molecule has 0 aliphatic carbocycles. The van der Waals surface area contributed by atoms with Crippen molar-refractivity contribution < 1.29 is 26.4 Å². The Hall–Kier alpha value is -3.46. The number of para-hydroxylation sites is 1. The van der Waals surface area contributed by atoms with E-state index in [4.69, 9.17) is 16.3 Å². The zero-order valence-electron chi connectivity index (χ0n) is 23.7. The van der Waals surface area contributed by atoms with Gasteiger partial charge < -0.3 is 25.2 Å². The lowest BCUT2D eigenvalue weighted by Crippen LogP contribution is -2.48.